The largest absolute Gasteiger partial charge is 0.322 e. The van der Waals surface area contributed by atoms with Gasteiger partial charge in [-0.05, 0) is 31.2 Å². The molecule has 6 heteroatoms. The summed E-state index contributed by atoms with van der Waals surface area (Å²) in [6.45, 7) is 2.24. The predicted octanol–water partition coefficient (Wildman–Crippen LogP) is 3.36. The summed E-state index contributed by atoms with van der Waals surface area (Å²) < 4.78 is 0. The number of aromatic nitrogens is 2. The van der Waals surface area contributed by atoms with Crippen LogP contribution in [0.3, 0.4) is 0 Å². The van der Waals surface area contributed by atoms with E-state index >= 15 is 0 Å². The van der Waals surface area contributed by atoms with Crippen LogP contribution >= 0.6 is 11.3 Å². The molecule has 0 fully saturated rings. The average Bonchev–Trinajstić information content (AvgIpc) is 2.95. The number of hydrogen-bond acceptors (Lipinski definition) is 4. The van der Waals surface area contributed by atoms with E-state index in [1.165, 1.54) is 10.9 Å². The van der Waals surface area contributed by atoms with Crippen molar-refractivity contribution in [3.05, 3.63) is 56.8 Å². The lowest BCUT2D eigenvalue weighted by molar-refractivity contribution is 0.102. The molecule has 1 amide bonds. The molecule has 2 heterocycles. The van der Waals surface area contributed by atoms with E-state index in [1.54, 1.807) is 17.4 Å². The molecule has 1 aliphatic carbocycles. The van der Waals surface area contributed by atoms with Gasteiger partial charge in [0.1, 0.15) is 0 Å². The van der Waals surface area contributed by atoms with Gasteiger partial charge >= 0.3 is 0 Å². The van der Waals surface area contributed by atoms with E-state index in [1.807, 2.05) is 18.2 Å². The van der Waals surface area contributed by atoms with Crippen LogP contribution in [0.25, 0.3) is 10.9 Å². The number of rotatable bonds is 2. The van der Waals surface area contributed by atoms with Crippen molar-refractivity contribution in [3.8, 4) is 0 Å². The Morgan fingerprint density at radius 1 is 1.38 bits per heavy atom. The van der Waals surface area contributed by atoms with Crippen LogP contribution in [0.5, 0.6) is 0 Å². The standard InChI is InChI=1S/C18H17N3O2S/c1-10-6-7-14-15(8-10)24-18(20-14)21-17(23)12-9-16(22)19-13-5-3-2-4-11(12)13/h2-5,9-10H,6-8H2,1H3,(H,19,22)(H,20,21,23)/t10-/m1/s1. The lowest BCUT2D eigenvalue weighted by Gasteiger charge is -2.15. The van der Waals surface area contributed by atoms with Gasteiger partial charge in [-0.15, -0.1) is 11.3 Å². The second-order valence-electron chi connectivity index (χ2n) is 6.28. The number of carbonyl (C=O) groups is 1. The van der Waals surface area contributed by atoms with Crippen LogP contribution < -0.4 is 10.9 Å². The summed E-state index contributed by atoms with van der Waals surface area (Å²) in [7, 11) is 0. The Balaban J connectivity index is 1.67. The summed E-state index contributed by atoms with van der Waals surface area (Å²) in [5.74, 6) is 0.370. The number of thiazole rings is 1. The summed E-state index contributed by atoms with van der Waals surface area (Å²) in [6, 6.07) is 8.63. The number of H-pyrrole nitrogens is 1. The van der Waals surface area contributed by atoms with Crippen molar-refractivity contribution in [2.75, 3.05) is 5.32 Å². The first-order valence-electron chi connectivity index (χ1n) is 8.02. The number of aromatic amines is 1. The number of anilines is 1. The van der Waals surface area contributed by atoms with Crippen LogP contribution in [0.2, 0.25) is 0 Å². The Bertz CT molecular complexity index is 989. The van der Waals surface area contributed by atoms with Gasteiger partial charge in [-0.2, -0.15) is 0 Å². The fourth-order valence-electron chi connectivity index (χ4n) is 3.15. The first-order chi connectivity index (χ1) is 11.6. The number of amides is 1. The molecule has 122 valence electrons. The predicted molar refractivity (Wildman–Crippen MR) is 95.8 cm³/mol. The van der Waals surface area contributed by atoms with Crippen molar-refractivity contribution in [2.45, 2.75) is 26.2 Å². The average molecular weight is 339 g/mol. The molecule has 1 atom stereocenters. The minimum Gasteiger partial charge on any atom is -0.322 e. The van der Waals surface area contributed by atoms with Crippen molar-refractivity contribution in [1.82, 2.24) is 9.97 Å². The molecule has 0 unspecified atom stereocenters. The molecule has 0 aliphatic heterocycles. The molecule has 4 rings (SSSR count). The highest BCUT2D eigenvalue weighted by Crippen LogP contribution is 2.32. The van der Waals surface area contributed by atoms with E-state index in [0.29, 0.717) is 22.1 Å². The number of pyridine rings is 1. The Kier molecular flexibility index (Phi) is 3.69. The molecule has 3 aromatic rings. The highest BCUT2D eigenvalue weighted by atomic mass is 32.1. The molecule has 0 bridgehead atoms. The molecular formula is C18H17N3O2S. The SMILES string of the molecule is C[C@@H]1CCc2nc(NC(=O)c3cc(=O)[nH]c4ccccc34)sc2C1. The van der Waals surface area contributed by atoms with E-state index < -0.39 is 0 Å². The molecule has 1 aliphatic rings. The van der Waals surface area contributed by atoms with Gasteiger partial charge in [-0.25, -0.2) is 4.98 Å². The van der Waals surface area contributed by atoms with E-state index in [0.717, 1.165) is 30.3 Å². The molecule has 5 nitrogen and oxygen atoms in total. The van der Waals surface area contributed by atoms with Gasteiger partial charge in [0, 0.05) is 21.8 Å². The highest BCUT2D eigenvalue weighted by molar-refractivity contribution is 7.15. The maximum absolute atomic E-state index is 12.7. The van der Waals surface area contributed by atoms with Gasteiger partial charge < -0.3 is 4.98 Å². The molecule has 0 saturated heterocycles. The quantitative estimate of drug-likeness (QED) is 0.752. The first-order valence-corrected chi connectivity index (χ1v) is 8.84. The summed E-state index contributed by atoms with van der Waals surface area (Å²) in [5.41, 5.74) is 1.84. The maximum Gasteiger partial charge on any atom is 0.258 e. The second kappa shape index (κ2) is 5.87. The van der Waals surface area contributed by atoms with Gasteiger partial charge in [-0.1, -0.05) is 25.1 Å². The number of para-hydroxylation sites is 1. The van der Waals surface area contributed by atoms with Crippen molar-refractivity contribution < 1.29 is 4.79 Å². The van der Waals surface area contributed by atoms with Crippen molar-refractivity contribution in [3.63, 3.8) is 0 Å². The third-order valence-corrected chi connectivity index (χ3v) is 5.44. The van der Waals surface area contributed by atoms with Gasteiger partial charge in [0.05, 0.1) is 11.3 Å². The van der Waals surface area contributed by atoms with E-state index in [9.17, 15) is 9.59 Å². The topological polar surface area (TPSA) is 74.8 Å². The van der Waals surface area contributed by atoms with Crippen LogP contribution in [0.15, 0.2) is 35.1 Å². The highest BCUT2D eigenvalue weighted by Gasteiger charge is 2.21. The monoisotopic (exact) mass is 339 g/mol. The number of fused-ring (bicyclic) bond motifs is 2. The van der Waals surface area contributed by atoms with Crippen molar-refractivity contribution in [2.24, 2.45) is 5.92 Å². The second-order valence-corrected chi connectivity index (χ2v) is 7.37. The van der Waals surface area contributed by atoms with E-state index in [-0.39, 0.29) is 11.5 Å². The molecular weight excluding hydrogens is 322 g/mol. The number of aryl methyl sites for hydroxylation is 1. The Hall–Kier alpha value is -2.47. The molecule has 2 aromatic heterocycles. The number of nitrogens with zero attached hydrogens (tertiary/aromatic N) is 1. The molecule has 0 saturated carbocycles. The zero-order valence-corrected chi connectivity index (χ0v) is 14.1. The Morgan fingerprint density at radius 2 is 2.21 bits per heavy atom. The van der Waals surface area contributed by atoms with Crippen LogP contribution in [0.4, 0.5) is 5.13 Å². The molecule has 1 aromatic carbocycles. The number of nitrogens with one attached hydrogen (secondary N) is 2. The Morgan fingerprint density at radius 3 is 3.08 bits per heavy atom. The maximum atomic E-state index is 12.7. The van der Waals surface area contributed by atoms with Crippen LogP contribution in [0.1, 0.15) is 34.3 Å². The molecule has 2 N–H and O–H groups in total. The number of carbonyl (C=O) groups excluding carboxylic acids is 1. The zero-order chi connectivity index (χ0) is 16.7. The normalized spacial score (nSPS) is 16.8. The van der Waals surface area contributed by atoms with Gasteiger partial charge in [0.15, 0.2) is 5.13 Å². The Labute approximate surface area is 142 Å². The van der Waals surface area contributed by atoms with Crippen molar-refractivity contribution in [1.29, 1.82) is 0 Å². The molecule has 24 heavy (non-hydrogen) atoms. The third-order valence-electron chi connectivity index (χ3n) is 4.40. The first kappa shape index (κ1) is 15.1. The summed E-state index contributed by atoms with van der Waals surface area (Å²) in [4.78, 5) is 33.0. The summed E-state index contributed by atoms with van der Waals surface area (Å²) in [5, 5.41) is 4.21. The van der Waals surface area contributed by atoms with Crippen LogP contribution in [-0.4, -0.2) is 15.9 Å². The lowest BCUT2D eigenvalue weighted by Crippen LogP contribution is -2.16. The lowest BCUT2D eigenvalue weighted by atomic mass is 9.93. The van der Waals surface area contributed by atoms with Gasteiger partial charge in [0.2, 0.25) is 5.56 Å². The smallest absolute Gasteiger partial charge is 0.258 e. The zero-order valence-electron chi connectivity index (χ0n) is 13.3. The minimum absolute atomic E-state index is 0.286. The van der Waals surface area contributed by atoms with Gasteiger partial charge in [-0.3, -0.25) is 14.9 Å². The van der Waals surface area contributed by atoms with Crippen LogP contribution in [0, 0.1) is 5.92 Å². The molecule has 0 radical (unpaired) electrons. The van der Waals surface area contributed by atoms with Crippen molar-refractivity contribution >= 4 is 33.3 Å². The summed E-state index contributed by atoms with van der Waals surface area (Å²) in [6.07, 6.45) is 3.14. The molecule has 0 spiro atoms. The third kappa shape index (κ3) is 2.73. The van der Waals surface area contributed by atoms with E-state index in [2.05, 4.69) is 22.2 Å². The fraction of sp³-hybridized carbons (Fsp3) is 0.278. The van der Waals surface area contributed by atoms with E-state index in [4.69, 9.17) is 0 Å². The number of hydrogen-bond donors (Lipinski definition) is 2. The fourth-order valence-corrected chi connectivity index (χ4v) is 4.32. The number of benzene rings is 1. The van der Waals surface area contributed by atoms with Gasteiger partial charge in [0.25, 0.3) is 5.91 Å². The van der Waals surface area contributed by atoms with Crippen LogP contribution in [-0.2, 0) is 12.8 Å². The minimum atomic E-state index is -0.295. The summed E-state index contributed by atoms with van der Waals surface area (Å²) >= 11 is 1.54.